The molecule has 0 bridgehead atoms. The molecule has 0 amide bonds. The van der Waals surface area contributed by atoms with Crippen molar-refractivity contribution < 1.29 is 0 Å². The van der Waals surface area contributed by atoms with Crippen molar-refractivity contribution in [3.05, 3.63) is 35.4 Å². The lowest BCUT2D eigenvalue weighted by molar-refractivity contribution is 0.481. The first-order valence-corrected chi connectivity index (χ1v) is 8.25. The summed E-state index contributed by atoms with van der Waals surface area (Å²) < 4.78 is 0. The third kappa shape index (κ3) is 7.21. The van der Waals surface area contributed by atoms with Crippen LogP contribution < -0.4 is 10.6 Å². The molecule has 2 rings (SSSR count). The van der Waals surface area contributed by atoms with Gasteiger partial charge in [0, 0.05) is 20.1 Å². The number of aliphatic imine (C=N–C) groups is 1. The molecule has 4 nitrogen and oxygen atoms in total. The van der Waals surface area contributed by atoms with Gasteiger partial charge in [0.2, 0.25) is 0 Å². The summed E-state index contributed by atoms with van der Waals surface area (Å²) in [7, 11) is 1.80. The third-order valence-electron chi connectivity index (χ3n) is 4.32. The Morgan fingerprint density at radius 3 is 2.52 bits per heavy atom. The summed E-state index contributed by atoms with van der Waals surface area (Å²) in [4.78, 5) is 4.25. The standard InChI is InChI=1S/C18H26N4.HI/c1-20-18(21-12-4-7-15-5-2-3-6-15)22-14-17-10-8-16(13-19)9-11-17;/h8-11,15H,2-7,12,14H2,1H3,(H2,20,21,22);1H. The molecule has 0 unspecified atom stereocenters. The van der Waals surface area contributed by atoms with Crippen LogP contribution in [-0.4, -0.2) is 19.6 Å². The molecule has 23 heavy (non-hydrogen) atoms. The van der Waals surface area contributed by atoms with Gasteiger partial charge in [-0.3, -0.25) is 4.99 Å². The van der Waals surface area contributed by atoms with Gasteiger partial charge in [-0.15, -0.1) is 24.0 Å². The predicted molar refractivity (Wildman–Crippen MR) is 106 cm³/mol. The van der Waals surface area contributed by atoms with Crippen molar-refractivity contribution >= 4 is 29.9 Å². The molecule has 0 heterocycles. The van der Waals surface area contributed by atoms with Crippen LogP contribution in [0.15, 0.2) is 29.3 Å². The first kappa shape index (κ1) is 19.8. The Morgan fingerprint density at radius 1 is 1.22 bits per heavy atom. The molecular formula is C18H27IN4. The number of rotatable bonds is 6. The fourth-order valence-electron chi connectivity index (χ4n) is 3.00. The van der Waals surface area contributed by atoms with Gasteiger partial charge in [0.1, 0.15) is 0 Å². The molecule has 126 valence electrons. The zero-order valence-electron chi connectivity index (χ0n) is 13.8. The molecule has 0 spiro atoms. The maximum Gasteiger partial charge on any atom is 0.191 e. The minimum Gasteiger partial charge on any atom is -0.356 e. The van der Waals surface area contributed by atoms with Crippen molar-refractivity contribution in [1.82, 2.24) is 10.6 Å². The zero-order chi connectivity index (χ0) is 15.6. The van der Waals surface area contributed by atoms with E-state index in [9.17, 15) is 0 Å². The molecule has 2 N–H and O–H groups in total. The fourth-order valence-corrected chi connectivity index (χ4v) is 3.00. The van der Waals surface area contributed by atoms with Crippen LogP contribution in [0.1, 0.15) is 49.7 Å². The Bertz CT molecular complexity index is 513. The second kappa shape index (κ2) is 11.3. The van der Waals surface area contributed by atoms with E-state index < -0.39 is 0 Å². The number of nitrogens with one attached hydrogen (secondary N) is 2. The van der Waals surface area contributed by atoms with Crippen LogP contribution in [0.5, 0.6) is 0 Å². The minimum absolute atomic E-state index is 0. The SMILES string of the molecule is CN=C(NCCCC1CCCC1)NCc1ccc(C#N)cc1.I. The van der Waals surface area contributed by atoms with Gasteiger partial charge >= 0.3 is 0 Å². The molecule has 1 saturated carbocycles. The Labute approximate surface area is 156 Å². The molecule has 0 saturated heterocycles. The van der Waals surface area contributed by atoms with E-state index in [2.05, 4.69) is 21.7 Å². The lowest BCUT2D eigenvalue weighted by Crippen LogP contribution is -2.37. The summed E-state index contributed by atoms with van der Waals surface area (Å²) in [5.74, 6) is 1.80. The van der Waals surface area contributed by atoms with Gasteiger partial charge in [-0.1, -0.05) is 37.8 Å². The molecule has 0 aliphatic heterocycles. The Hall–Kier alpha value is -1.29. The maximum absolute atomic E-state index is 8.79. The molecule has 0 radical (unpaired) electrons. The van der Waals surface area contributed by atoms with Crippen molar-refractivity contribution in [3.63, 3.8) is 0 Å². The van der Waals surface area contributed by atoms with E-state index in [1.54, 1.807) is 7.05 Å². The fraction of sp³-hybridized carbons (Fsp3) is 0.556. The summed E-state index contributed by atoms with van der Waals surface area (Å²) in [5.41, 5.74) is 1.84. The lowest BCUT2D eigenvalue weighted by atomic mass is 10.0. The Balaban J connectivity index is 0.00000264. The molecule has 1 fully saturated rings. The molecule has 1 aliphatic carbocycles. The third-order valence-corrected chi connectivity index (χ3v) is 4.32. The van der Waals surface area contributed by atoms with E-state index in [1.807, 2.05) is 24.3 Å². The molecule has 1 aromatic carbocycles. The van der Waals surface area contributed by atoms with Gasteiger partial charge in [0.15, 0.2) is 5.96 Å². The summed E-state index contributed by atoms with van der Waals surface area (Å²) in [6.07, 6.45) is 8.23. The molecule has 5 heteroatoms. The number of benzene rings is 1. The van der Waals surface area contributed by atoms with Crippen molar-refractivity contribution in [2.45, 2.75) is 45.1 Å². The van der Waals surface area contributed by atoms with E-state index in [4.69, 9.17) is 5.26 Å². The highest BCUT2D eigenvalue weighted by molar-refractivity contribution is 14.0. The minimum atomic E-state index is 0. The number of guanidine groups is 1. The van der Waals surface area contributed by atoms with Crippen LogP contribution in [0, 0.1) is 17.2 Å². The predicted octanol–water partition coefficient (Wildman–Crippen LogP) is 3.81. The lowest BCUT2D eigenvalue weighted by Gasteiger charge is -2.13. The second-order valence-electron chi connectivity index (χ2n) is 5.95. The highest BCUT2D eigenvalue weighted by Crippen LogP contribution is 2.28. The quantitative estimate of drug-likeness (QED) is 0.315. The van der Waals surface area contributed by atoms with Gasteiger partial charge in [-0.05, 0) is 36.5 Å². The normalized spacial score (nSPS) is 14.9. The topological polar surface area (TPSA) is 60.2 Å². The van der Waals surface area contributed by atoms with Gasteiger partial charge in [0.25, 0.3) is 0 Å². The van der Waals surface area contributed by atoms with Crippen molar-refractivity contribution in [1.29, 1.82) is 5.26 Å². The van der Waals surface area contributed by atoms with E-state index in [-0.39, 0.29) is 24.0 Å². The summed E-state index contributed by atoms with van der Waals surface area (Å²) in [6, 6.07) is 9.76. The van der Waals surface area contributed by atoms with Gasteiger partial charge in [-0.2, -0.15) is 5.26 Å². The molecule has 1 aliphatic rings. The number of nitrogens with zero attached hydrogens (tertiary/aromatic N) is 2. The van der Waals surface area contributed by atoms with Crippen LogP contribution >= 0.6 is 24.0 Å². The van der Waals surface area contributed by atoms with Gasteiger partial charge in [0.05, 0.1) is 11.6 Å². The number of halogens is 1. The van der Waals surface area contributed by atoms with Crippen LogP contribution in [-0.2, 0) is 6.54 Å². The average molecular weight is 426 g/mol. The molecule has 0 aromatic heterocycles. The maximum atomic E-state index is 8.79. The van der Waals surface area contributed by atoms with E-state index in [0.717, 1.165) is 24.0 Å². The van der Waals surface area contributed by atoms with Crippen molar-refractivity contribution in [2.75, 3.05) is 13.6 Å². The van der Waals surface area contributed by atoms with E-state index in [1.165, 1.54) is 38.5 Å². The summed E-state index contributed by atoms with van der Waals surface area (Å²) in [6.45, 7) is 1.69. The number of hydrogen-bond donors (Lipinski definition) is 2. The number of nitriles is 1. The Morgan fingerprint density at radius 2 is 1.91 bits per heavy atom. The van der Waals surface area contributed by atoms with E-state index >= 15 is 0 Å². The largest absolute Gasteiger partial charge is 0.356 e. The van der Waals surface area contributed by atoms with Crippen LogP contribution in [0.4, 0.5) is 0 Å². The van der Waals surface area contributed by atoms with Crippen LogP contribution in [0.2, 0.25) is 0 Å². The molecule has 1 aromatic rings. The zero-order valence-corrected chi connectivity index (χ0v) is 16.2. The van der Waals surface area contributed by atoms with Crippen LogP contribution in [0.25, 0.3) is 0 Å². The van der Waals surface area contributed by atoms with Crippen molar-refractivity contribution in [3.8, 4) is 6.07 Å². The summed E-state index contributed by atoms with van der Waals surface area (Å²) >= 11 is 0. The summed E-state index contributed by atoms with van der Waals surface area (Å²) in [5, 5.41) is 15.5. The van der Waals surface area contributed by atoms with Crippen LogP contribution in [0.3, 0.4) is 0 Å². The Kier molecular flexibility index (Phi) is 9.69. The first-order valence-electron chi connectivity index (χ1n) is 8.25. The molecular weight excluding hydrogens is 399 g/mol. The van der Waals surface area contributed by atoms with Gasteiger partial charge in [-0.25, -0.2) is 0 Å². The monoisotopic (exact) mass is 426 g/mol. The van der Waals surface area contributed by atoms with Crippen molar-refractivity contribution in [2.24, 2.45) is 10.9 Å². The highest BCUT2D eigenvalue weighted by Gasteiger charge is 2.13. The average Bonchev–Trinajstić information content (AvgIpc) is 3.08. The smallest absolute Gasteiger partial charge is 0.191 e. The highest BCUT2D eigenvalue weighted by atomic mass is 127. The second-order valence-corrected chi connectivity index (χ2v) is 5.95. The first-order chi connectivity index (χ1) is 10.8. The van der Waals surface area contributed by atoms with Gasteiger partial charge < -0.3 is 10.6 Å². The van der Waals surface area contributed by atoms with E-state index in [0.29, 0.717) is 12.1 Å². The molecule has 0 atom stereocenters. The number of hydrogen-bond acceptors (Lipinski definition) is 2.